The van der Waals surface area contributed by atoms with Crippen LogP contribution in [-0.4, -0.2) is 21.3 Å². The molecule has 2 aromatic rings. The molecular formula is C13H15N3O. The van der Waals surface area contributed by atoms with Crippen molar-refractivity contribution in [3.8, 4) is 0 Å². The summed E-state index contributed by atoms with van der Waals surface area (Å²) in [5.41, 5.74) is 2.01. The van der Waals surface area contributed by atoms with Crippen LogP contribution in [0.25, 0.3) is 0 Å². The van der Waals surface area contributed by atoms with Gasteiger partial charge >= 0.3 is 0 Å². The van der Waals surface area contributed by atoms with Crippen LogP contribution in [-0.2, 0) is 13.0 Å². The Morgan fingerprint density at radius 1 is 1.18 bits per heavy atom. The lowest BCUT2D eigenvalue weighted by atomic mass is 10.1. The first-order chi connectivity index (χ1) is 8.38. The Balaban J connectivity index is 1.72. The number of rotatable bonds is 6. The second-order valence-corrected chi connectivity index (χ2v) is 3.98. The number of hydrogen-bond acceptors (Lipinski definition) is 3. The number of aromatic nitrogens is 3. The summed E-state index contributed by atoms with van der Waals surface area (Å²) in [5.74, 6) is 0. The van der Waals surface area contributed by atoms with E-state index in [1.165, 1.54) is 5.56 Å². The number of aryl methyl sites for hydroxylation is 2. The van der Waals surface area contributed by atoms with Crippen LogP contribution in [0.5, 0.6) is 0 Å². The molecule has 4 nitrogen and oxygen atoms in total. The van der Waals surface area contributed by atoms with E-state index < -0.39 is 0 Å². The number of carbonyl (C=O) groups is 1. The maximum atomic E-state index is 10.5. The fraction of sp³-hybridized carbons (Fsp3) is 0.308. The van der Waals surface area contributed by atoms with Crippen LogP contribution in [0.4, 0.5) is 0 Å². The molecule has 0 aliphatic carbocycles. The summed E-state index contributed by atoms with van der Waals surface area (Å²) < 4.78 is 1.84. The van der Waals surface area contributed by atoms with Crippen LogP contribution in [0.1, 0.15) is 28.8 Å². The number of carbonyl (C=O) groups excluding carboxylic acids is 1. The average Bonchev–Trinajstić information content (AvgIpc) is 2.88. The minimum Gasteiger partial charge on any atom is -0.298 e. The Labute approximate surface area is 100 Å². The minimum absolute atomic E-state index is 0.733. The van der Waals surface area contributed by atoms with E-state index >= 15 is 0 Å². The van der Waals surface area contributed by atoms with Gasteiger partial charge in [0.15, 0.2) is 0 Å². The van der Waals surface area contributed by atoms with E-state index in [4.69, 9.17) is 0 Å². The third kappa shape index (κ3) is 3.52. The molecule has 0 aliphatic heterocycles. The standard InChI is InChI=1S/C13H15N3O/c17-11-13-6-4-12(5-7-13)3-1-2-9-16-10-8-14-15-16/h4-8,10-11H,1-3,9H2. The van der Waals surface area contributed by atoms with Crippen LogP contribution in [0.3, 0.4) is 0 Å². The van der Waals surface area contributed by atoms with Gasteiger partial charge in [-0.15, -0.1) is 5.10 Å². The minimum atomic E-state index is 0.733. The molecule has 0 atom stereocenters. The van der Waals surface area contributed by atoms with Crippen molar-refractivity contribution >= 4 is 6.29 Å². The zero-order chi connectivity index (χ0) is 11.9. The Hall–Kier alpha value is -1.97. The number of unbranched alkanes of at least 4 members (excludes halogenated alkanes) is 1. The smallest absolute Gasteiger partial charge is 0.150 e. The van der Waals surface area contributed by atoms with E-state index in [0.717, 1.165) is 37.7 Å². The molecule has 88 valence electrons. The van der Waals surface area contributed by atoms with Crippen LogP contribution < -0.4 is 0 Å². The van der Waals surface area contributed by atoms with Crippen LogP contribution >= 0.6 is 0 Å². The quantitative estimate of drug-likeness (QED) is 0.563. The highest BCUT2D eigenvalue weighted by atomic mass is 16.1. The molecule has 0 aliphatic rings. The molecule has 17 heavy (non-hydrogen) atoms. The fourth-order valence-electron chi connectivity index (χ4n) is 1.72. The van der Waals surface area contributed by atoms with Crippen LogP contribution in [0.15, 0.2) is 36.7 Å². The first-order valence-electron chi connectivity index (χ1n) is 5.77. The zero-order valence-electron chi connectivity index (χ0n) is 9.62. The van der Waals surface area contributed by atoms with Gasteiger partial charge in [0.1, 0.15) is 6.29 Å². The second kappa shape index (κ2) is 5.94. The molecule has 4 heteroatoms. The predicted molar refractivity (Wildman–Crippen MR) is 64.8 cm³/mol. The van der Waals surface area contributed by atoms with Crippen LogP contribution in [0.2, 0.25) is 0 Å². The molecular weight excluding hydrogens is 214 g/mol. The van der Waals surface area contributed by atoms with Gasteiger partial charge in [0.05, 0.1) is 6.20 Å². The molecule has 1 heterocycles. The van der Waals surface area contributed by atoms with Gasteiger partial charge in [0, 0.05) is 18.3 Å². The summed E-state index contributed by atoms with van der Waals surface area (Å²) in [6.07, 6.45) is 7.67. The van der Waals surface area contributed by atoms with Gasteiger partial charge in [-0.1, -0.05) is 29.5 Å². The average molecular weight is 229 g/mol. The van der Waals surface area contributed by atoms with Gasteiger partial charge in [-0.05, 0) is 24.8 Å². The Bertz CT molecular complexity index is 448. The highest BCUT2D eigenvalue weighted by molar-refractivity contribution is 5.74. The van der Waals surface area contributed by atoms with Gasteiger partial charge in [-0.2, -0.15) is 0 Å². The van der Waals surface area contributed by atoms with E-state index in [1.807, 2.05) is 35.1 Å². The van der Waals surface area contributed by atoms with Crippen molar-refractivity contribution < 1.29 is 4.79 Å². The zero-order valence-corrected chi connectivity index (χ0v) is 9.62. The van der Waals surface area contributed by atoms with E-state index in [2.05, 4.69) is 10.3 Å². The largest absolute Gasteiger partial charge is 0.298 e. The van der Waals surface area contributed by atoms with E-state index in [0.29, 0.717) is 0 Å². The summed E-state index contributed by atoms with van der Waals surface area (Å²) in [6, 6.07) is 7.75. The van der Waals surface area contributed by atoms with Crippen molar-refractivity contribution in [1.29, 1.82) is 0 Å². The summed E-state index contributed by atoms with van der Waals surface area (Å²) in [4.78, 5) is 10.5. The molecule has 0 unspecified atom stereocenters. The first kappa shape index (κ1) is 11.5. The van der Waals surface area contributed by atoms with Crippen molar-refractivity contribution in [3.63, 3.8) is 0 Å². The Morgan fingerprint density at radius 2 is 2.00 bits per heavy atom. The molecule has 0 saturated heterocycles. The number of hydrogen-bond donors (Lipinski definition) is 0. The van der Waals surface area contributed by atoms with Gasteiger partial charge in [-0.3, -0.25) is 9.48 Å². The SMILES string of the molecule is O=Cc1ccc(CCCCn2ccnn2)cc1. The highest BCUT2D eigenvalue weighted by Crippen LogP contribution is 2.07. The molecule has 0 radical (unpaired) electrons. The lowest BCUT2D eigenvalue weighted by Crippen LogP contribution is -1.99. The predicted octanol–water partition coefficient (Wildman–Crippen LogP) is 2.11. The van der Waals surface area contributed by atoms with Crippen molar-refractivity contribution in [2.24, 2.45) is 0 Å². The van der Waals surface area contributed by atoms with Gasteiger partial charge < -0.3 is 0 Å². The maximum Gasteiger partial charge on any atom is 0.150 e. The monoisotopic (exact) mass is 229 g/mol. The van der Waals surface area contributed by atoms with Crippen molar-refractivity contribution in [1.82, 2.24) is 15.0 Å². The molecule has 0 amide bonds. The lowest BCUT2D eigenvalue weighted by Gasteiger charge is -2.02. The summed E-state index contributed by atoms with van der Waals surface area (Å²) in [5, 5.41) is 7.67. The molecule has 0 fully saturated rings. The maximum absolute atomic E-state index is 10.5. The molecule has 0 saturated carbocycles. The Morgan fingerprint density at radius 3 is 2.65 bits per heavy atom. The molecule has 1 aromatic carbocycles. The summed E-state index contributed by atoms with van der Waals surface area (Å²) in [7, 11) is 0. The van der Waals surface area contributed by atoms with Crippen molar-refractivity contribution in [2.75, 3.05) is 0 Å². The van der Waals surface area contributed by atoms with E-state index in [9.17, 15) is 4.79 Å². The number of benzene rings is 1. The topological polar surface area (TPSA) is 47.8 Å². The molecule has 2 rings (SSSR count). The van der Waals surface area contributed by atoms with Crippen LogP contribution in [0, 0.1) is 0 Å². The second-order valence-electron chi connectivity index (χ2n) is 3.98. The first-order valence-corrected chi connectivity index (χ1v) is 5.77. The Kier molecular flexibility index (Phi) is 4.02. The normalized spacial score (nSPS) is 10.4. The third-order valence-corrected chi connectivity index (χ3v) is 2.69. The number of aldehydes is 1. The van der Waals surface area contributed by atoms with Crippen molar-refractivity contribution in [3.05, 3.63) is 47.8 Å². The molecule has 0 bridgehead atoms. The van der Waals surface area contributed by atoms with Gasteiger partial charge in [0.2, 0.25) is 0 Å². The van der Waals surface area contributed by atoms with Gasteiger partial charge in [0.25, 0.3) is 0 Å². The summed E-state index contributed by atoms with van der Waals surface area (Å²) in [6.45, 7) is 0.909. The third-order valence-electron chi connectivity index (χ3n) is 2.69. The fourth-order valence-corrected chi connectivity index (χ4v) is 1.72. The van der Waals surface area contributed by atoms with Gasteiger partial charge in [-0.25, -0.2) is 0 Å². The summed E-state index contributed by atoms with van der Waals surface area (Å²) >= 11 is 0. The number of nitrogens with zero attached hydrogens (tertiary/aromatic N) is 3. The lowest BCUT2D eigenvalue weighted by molar-refractivity contribution is 0.112. The molecule has 0 N–H and O–H groups in total. The molecule has 1 aromatic heterocycles. The van der Waals surface area contributed by atoms with Crippen molar-refractivity contribution in [2.45, 2.75) is 25.8 Å². The van der Waals surface area contributed by atoms with E-state index in [-0.39, 0.29) is 0 Å². The highest BCUT2D eigenvalue weighted by Gasteiger charge is 1.96. The molecule has 0 spiro atoms. The van der Waals surface area contributed by atoms with E-state index in [1.54, 1.807) is 6.20 Å².